The van der Waals surface area contributed by atoms with E-state index in [4.69, 9.17) is 10.5 Å². The SMILES string of the molecule is Cc1ccc([C@H](Nc2ccc(CC[C@H]3COC(N)=N3)cc2)C(F)(F)F)cc1. The van der Waals surface area contributed by atoms with Crippen LogP contribution in [-0.4, -0.2) is 24.8 Å². The van der Waals surface area contributed by atoms with E-state index in [1.165, 1.54) is 12.1 Å². The highest BCUT2D eigenvalue weighted by atomic mass is 19.4. The van der Waals surface area contributed by atoms with Crippen LogP contribution in [0.1, 0.15) is 29.2 Å². The number of rotatable bonds is 6. The maximum Gasteiger partial charge on any atom is 0.412 e. The van der Waals surface area contributed by atoms with Crippen molar-refractivity contribution in [2.45, 2.75) is 38.0 Å². The first kappa shape index (κ1) is 19.1. The Morgan fingerprint density at radius 1 is 1.15 bits per heavy atom. The molecule has 0 aromatic heterocycles. The summed E-state index contributed by atoms with van der Waals surface area (Å²) < 4.78 is 45.6. The van der Waals surface area contributed by atoms with Crippen molar-refractivity contribution in [1.29, 1.82) is 0 Å². The van der Waals surface area contributed by atoms with Gasteiger partial charge in [-0.25, -0.2) is 4.99 Å². The number of halogens is 3. The number of ether oxygens (including phenoxy) is 1. The Hall–Kier alpha value is -2.70. The van der Waals surface area contributed by atoms with E-state index in [0.29, 0.717) is 12.3 Å². The molecule has 0 bridgehead atoms. The zero-order chi connectivity index (χ0) is 19.4. The number of hydrogen-bond acceptors (Lipinski definition) is 4. The molecule has 0 amide bonds. The molecule has 0 unspecified atom stereocenters. The van der Waals surface area contributed by atoms with E-state index in [2.05, 4.69) is 10.3 Å². The average Bonchev–Trinajstić information content (AvgIpc) is 3.04. The Bertz CT molecular complexity index is 786. The lowest BCUT2D eigenvalue weighted by atomic mass is 10.0. The van der Waals surface area contributed by atoms with E-state index < -0.39 is 12.2 Å². The molecule has 2 aromatic carbocycles. The van der Waals surface area contributed by atoms with Crippen molar-refractivity contribution >= 4 is 11.7 Å². The summed E-state index contributed by atoms with van der Waals surface area (Å²) >= 11 is 0. The van der Waals surface area contributed by atoms with E-state index in [0.717, 1.165) is 24.0 Å². The summed E-state index contributed by atoms with van der Waals surface area (Å²) in [4.78, 5) is 4.16. The first-order valence-electron chi connectivity index (χ1n) is 8.76. The van der Waals surface area contributed by atoms with Gasteiger partial charge >= 0.3 is 6.18 Å². The first-order chi connectivity index (χ1) is 12.8. The minimum absolute atomic E-state index is 0.0407. The molecule has 3 N–H and O–H groups in total. The molecule has 2 aromatic rings. The largest absolute Gasteiger partial charge is 0.463 e. The Labute approximate surface area is 156 Å². The van der Waals surface area contributed by atoms with Crippen molar-refractivity contribution in [3.8, 4) is 0 Å². The lowest BCUT2D eigenvalue weighted by Crippen LogP contribution is -2.27. The Kier molecular flexibility index (Phi) is 5.58. The van der Waals surface area contributed by atoms with Gasteiger partial charge in [0.1, 0.15) is 12.6 Å². The second-order valence-corrected chi connectivity index (χ2v) is 6.70. The van der Waals surface area contributed by atoms with Crippen molar-refractivity contribution in [3.05, 3.63) is 65.2 Å². The minimum atomic E-state index is -4.39. The van der Waals surface area contributed by atoms with Gasteiger partial charge in [-0.05, 0) is 43.0 Å². The van der Waals surface area contributed by atoms with Crippen molar-refractivity contribution < 1.29 is 17.9 Å². The number of nitrogens with two attached hydrogens (primary N) is 1. The predicted octanol–water partition coefficient (Wildman–Crippen LogP) is 4.36. The van der Waals surface area contributed by atoms with E-state index in [-0.39, 0.29) is 17.6 Å². The molecule has 0 aliphatic carbocycles. The van der Waals surface area contributed by atoms with Crippen molar-refractivity contribution in [2.24, 2.45) is 10.7 Å². The molecule has 7 heteroatoms. The Morgan fingerprint density at radius 3 is 2.37 bits per heavy atom. The van der Waals surface area contributed by atoms with E-state index in [1.54, 1.807) is 24.3 Å². The summed E-state index contributed by atoms with van der Waals surface area (Å²) in [5.41, 5.74) is 8.04. The quantitative estimate of drug-likeness (QED) is 0.787. The summed E-state index contributed by atoms with van der Waals surface area (Å²) in [6.45, 7) is 2.32. The number of anilines is 1. The first-order valence-corrected chi connectivity index (χ1v) is 8.76. The molecule has 144 valence electrons. The van der Waals surface area contributed by atoms with Gasteiger partial charge in [0, 0.05) is 5.69 Å². The molecular formula is C20H22F3N3O. The third-order valence-electron chi connectivity index (χ3n) is 4.50. The highest BCUT2D eigenvalue weighted by Crippen LogP contribution is 2.35. The lowest BCUT2D eigenvalue weighted by Gasteiger charge is -2.23. The maximum absolute atomic E-state index is 13.5. The van der Waals surface area contributed by atoms with Gasteiger partial charge in [-0.2, -0.15) is 13.2 Å². The van der Waals surface area contributed by atoms with E-state index in [9.17, 15) is 13.2 Å². The normalized spacial score (nSPS) is 17.9. The van der Waals surface area contributed by atoms with Gasteiger partial charge < -0.3 is 15.8 Å². The number of benzene rings is 2. The second kappa shape index (κ2) is 7.90. The Balaban J connectivity index is 1.65. The van der Waals surface area contributed by atoms with Crippen molar-refractivity contribution in [3.63, 3.8) is 0 Å². The fourth-order valence-electron chi connectivity index (χ4n) is 2.96. The maximum atomic E-state index is 13.5. The van der Waals surface area contributed by atoms with Crippen LogP contribution in [-0.2, 0) is 11.2 Å². The highest BCUT2D eigenvalue weighted by Gasteiger charge is 2.40. The zero-order valence-electron chi connectivity index (χ0n) is 15.0. The van der Waals surface area contributed by atoms with Crippen molar-refractivity contribution in [1.82, 2.24) is 0 Å². The predicted molar refractivity (Wildman–Crippen MR) is 99.7 cm³/mol. The summed E-state index contributed by atoms with van der Waals surface area (Å²) in [7, 11) is 0. The average molecular weight is 377 g/mol. The number of aliphatic imine (C=N–C) groups is 1. The van der Waals surface area contributed by atoms with Crippen LogP contribution in [0.4, 0.5) is 18.9 Å². The van der Waals surface area contributed by atoms with Crippen LogP contribution >= 0.6 is 0 Å². The van der Waals surface area contributed by atoms with Gasteiger partial charge in [-0.3, -0.25) is 0 Å². The molecule has 1 aliphatic heterocycles. The molecule has 0 fully saturated rings. The third kappa shape index (κ3) is 5.15. The standard InChI is InChI=1S/C20H22F3N3O/c1-13-2-7-15(8-3-13)18(20(21,22)23)25-16-9-4-14(5-10-16)6-11-17-12-27-19(24)26-17/h2-5,7-10,17-18,25H,6,11-12H2,1H3,(H2,24,26)/t17-,18-/m0/s1. The topological polar surface area (TPSA) is 59.6 Å². The molecular weight excluding hydrogens is 355 g/mol. The van der Waals surface area contributed by atoms with Crippen LogP contribution < -0.4 is 11.1 Å². The Morgan fingerprint density at radius 2 is 1.81 bits per heavy atom. The number of nitrogens with one attached hydrogen (secondary N) is 1. The van der Waals surface area contributed by atoms with Crippen LogP contribution in [0.5, 0.6) is 0 Å². The molecule has 27 heavy (non-hydrogen) atoms. The van der Waals surface area contributed by atoms with Gasteiger partial charge in [0.15, 0.2) is 0 Å². The monoisotopic (exact) mass is 377 g/mol. The fraction of sp³-hybridized carbons (Fsp3) is 0.350. The van der Waals surface area contributed by atoms with Gasteiger partial charge in [0.2, 0.25) is 0 Å². The summed E-state index contributed by atoms with van der Waals surface area (Å²) in [5, 5.41) is 2.60. The number of nitrogens with zero attached hydrogens (tertiary/aromatic N) is 1. The molecule has 0 spiro atoms. The molecule has 3 rings (SSSR count). The second-order valence-electron chi connectivity index (χ2n) is 6.70. The van der Waals surface area contributed by atoms with E-state index in [1.807, 2.05) is 19.1 Å². The van der Waals surface area contributed by atoms with Crippen LogP contribution in [0, 0.1) is 6.92 Å². The molecule has 0 saturated heterocycles. The summed E-state index contributed by atoms with van der Waals surface area (Å²) in [6, 6.07) is 11.9. The van der Waals surface area contributed by atoms with Crippen LogP contribution in [0.25, 0.3) is 0 Å². The minimum Gasteiger partial charge on any atom is -0.463 e. The fourth-order valence-corrected chi connectivity index (χ4v) is 2.96. The molecule has 0 radical (unpaired) electrons. The number of aryl methyl sites for hydroxylation is 2. The van der Waals surface area contributed by atoms with Gasteiger partial charge in [-0.15, -0.1) is 0 Å². The summed E-state index contributed by atoms with van der Waals surface area (Å²) in [6.07, 6.45) is -2.86. The van der Waals surface area contributed by atoms with Crippen LogP contribution in [0.15, 0.2) is 53.5 Å². The van der Waals surface area contributed by atoms with Crippen LogP contribution in [0.2, 0.25) is 0 Å². The molecule has 0 saturated carbocycles. The lowest BCUT2D eigenvalue weighted by molar-refractivity contribution is -0.144. The smallest absolute Gasteiger partial charge is 0.412 e. The number of alkyl halides is 3. The molecule has 2 atom stereocenters. The molecule has 1 aliphatic rings. The number of amidine groups is 1. The number of hydrogen-bond donors (Lipinski definition) is 2. The van der Waals surface area contributed by atoms with E-state index >= 15 is 0 Å². The van der Waals surface area contributed by atoms with Gasteiger partial charge in [0.25, 0.3) is 6.02 Å². The molecule has 4 nitrogen and oxygen atoms in total. The zero-order valence-corrected chi connectivity index (χ0v) is 15.0. The van der Waals surface area contributed by atoms with Gasteiger partial charge in [0.05, 0.1) is 6.04 Å². The van der Waals surface area contributed by atoms with Crippen molar-refractivity contribution in [2.75, 3.05) is 11.9 Å². The highest BCUT2D eigenvalue weighted by molar-refractivity contribution is 5.73. The van der Waals surface area contributed by atoms with Crippen LogP contribution in [0.3, 0.4) is 0 Å². The summed E-state index contributed by atoms with van der Waals surface area (Å²) in [5.74, 6) is 0. The van der Waals surface area contributed by atoms with Gasteiger partial charge in [-0.1, -0.05) is 42.0 Å². The third-order valence-corrected chi connectivity index (χ3v) is 4.50. The molecule has 1 heterocycles.